The van der Waals surface area contributed by atoms with E-state index in [-0.39, 0.29) is 11.7 Å². The number of rotatable bonds is 7. The summed E-state index contributed by atoms with van der Waals surface area (Å²) in [7, 11) is 0. The Morgan fingerprint density at radius 3 is 2.33 bits per heavy atom. The van der Waals surface area contributed by atoms with E-state index in [1.54, 1.807) is 36.7 Å². The highest BCUT2D eigenvalue weighted by Gasteiger charge is 2.08. The van der Waals surface area contributed by atoms with Crippen LogP contribution < -0.4 is 14.8 Å². The van der Waals surface area contributed by atoms with Gasteiger partial charge in [0.1, 0.15) is 18.1 Å². The van der Waals surface area contributed by atoms with Gasteiger partial charge in [0.25, 0.3) is 5.91 Å². The Bertz CT molecular complexity index is 870. The number of ether oxygens (including phenoxy) is 2. The molecule has 1 aromatic heterocycles. The second-order valence-electron chi connectivity index (χ2n) is 5.53. The van der Waals surface area contributed by atoms with E-state index in [0.29, 0.717) is 23.6 Å². The molecule has 0 spiro atoms. The third-order valence-electron chi connectivity index (χ3n) is 3.58. The molecule has 0 aliphatic heterocycles. The number of hydrogen-bond acceptors (Lipinski definition) is 4. The van der Waals surface area contributed by atoms with Gasteiger partial charge in [-0.25, -0.2) is 0 Å². The molecule has 0 saturated carbocycles. The van der Waals surface area contributed by atoms with E-state index in [1.165, 1.54) is 24.3 Å². The number of anilines is 1. The van der Waals surface area contributed by atoms with E-state index in [2.05, 4.69) is 15.0 Å². The van der Waals surface area contributed by atoms with Crippen LogP contribution in [0.2, 0.25) is 0 Å². The molecule has 27 heavy (non-hydrogen) atoms. The summed E-state index contributed by atoms with van der Waals surface area (Å²) in [5.74, 6) is 0.332. The summed E-state index contributed by atoms with van der Waals surface area (Å²) in [5.41, 5.74) is 1.86. The number of benzene rings is 2. The van der Waals surface area contributed by atoms with Crippen LogP contribution in [0.1, 0.15) is 15.9 Å². The summed E-state index contributed by atoms with van der Waals surface area (Å²) >= 11 is 0. The molecule has 138 valence electrons. The molecule has 0 aliphatic carbocycles. The molecule has 1 heterocycles. The van der Waals surface area contributed by atoms with Gasteiger partial charge >= 0.3 is 6.61 Å². The zero-order valence-corrected chi connectivity index (χ0v) is 14.1. The first-order valence-electron chi connectivity index (χ1n) is 8.08. The van der Waals surface area contributed by atoms with E-state index < -0.39 is 6.61 Å². The van der Waals surface area contributed by atoms with Crippen molar-refractivity contribution in [3.8, 4) is 11.5 Å². The van der Waals surface area contributed by atoms with Gasteiger partial charge in [0.15, 0.2) is 0 Å². The molecule has 7 heteroatoms. The number of amides is 1. The van der Waals surface area contributed by atoms with Crippen molar-refractivity contribution >= 4 is 11.6 Å². The highest BCUT2D eigenvalue weighted by atomic mass is 19.3. The minimum atomic E-state index is -2.88. The number of pyridine rings is 1. The van der Waals surface area contributed by atoms with Gasteiger partial charge in [-0.3, -0.25) is 9.78 Å². The van der Waals surface area contributed by atoms with Crippen LogP contribution in [0.15, 0.2) is 73.1 Å². The van der Waals surface area contributed by atoms with E-state index in [4.69, 9.17) is 4.74 Å². The topological polar surface area (TPSA) is 60.5 Å². The minimum Gasteiger partial charge on any atom is -0.489 e. The molecule has 2 aromatic carbocycles. The summed E-state index contributed by atoms with van der Waals surface area (Å²) in [6.07, 6.45) is 3.41. The fourth-order valence-electron chi connectivity index (χ4n) is 2.28. The van der Waals surface area contributed by atoms with Crippen molar-refractivity contribution in [2.24, 2.45) is 0 Å². The summed E-state index contributed by atoms with van der Waals surface area (Å²) in [6.45, 7) is -2.50. The summed E-state index contributed by atoms with van der Waals surface area (Å²) in [6, 6.07) is 16.1. The van der Waals surface area contributed by atoms with Crippen LogP contribution in [-0.4, -0.2) is 17.5 Å². The Morgan fingerprint density at radius 1 is 1.00 bits per heavy atom. The average Bonchev–Trinajstić information content (AvgIpc) is 2.69. The van der Waals surface area contributed by atoms with Crippen molar-refractivity contribution in [2.75, 3.05) is 5.32 Å². The first-order valence-corrected chi connectivity index (χ1v) is 8.08. The quantitative estimate of drug-likeness (QED) is 0.665. The SMILES string of the molecule is O=C(Nc1ccc(OC(F)F)cc1)c1ccc(OCc2cccnc2)cc1. The Labute approximate surface area is 154 Å². The molecule has 1 amide bonds. The molecule has 0 saturated heterocycles. The van der Waals surface area contributed by atoms with Crippen molar-refractivity contribution in [3.05, 3.63) is 84.2 Å². The summed E-state index contributed by atoms with van der Waals surface area (Å²) in [5, 5.41) is 2.68. The molecular formula is C20H16F2N2O3. The molecule has 0 radical (unpaired) electrons. The van der Waals surface area contributed by atoms with Crippen molar-refractivity contribution < 1.29 is 23.0 Å². The van der Waals surface area contributed by atoms with Gasteiger partial charge < -0.3 is 14.8 Å². The number of aromatic nitrogens is 1. The van der Waals surface area contributed by atoms with Gasteiger partial charge in [0, 0.05) is 29.2 Å². The Hall–Kier alpha value is -3.48. The monoisotopic (exact) mass is 370 g/mol. The summed E-state index contributed by atoms with van der Waals surface area (Å²) < 4.78 is 34.2. The maximum absolute atomic E-state index is 12.3. The number of carbonyl (C=O) groups excluding carboxylic acids is 1. The fraction of sp³-hybridized carbons (Fsp3) is 0.100. The number of hydrogen-bond donors (Lipinski definition) is 1. The number of nitrogens with zero attached hydrogens (tertiary/aromatic N) is 1. The van der Waals surface area contributed by atoms with Gasteiger partial charge in [0.2, 0.25) is 0 Å². The first kappa shape index (κ1) is 18.3. The molecule has 1 N–H and O–H groups in total. The predicted octanol–water partition coefficient (Wildman–Crippen LogP) is 4.51. The van der Waals surface area contributed by atoms with E-state index in [0.717, 1.165) is 5.56 Å². The van der Waals surface area contributed by atoms with Crippen molar-refractivity contribution in [1.29, 1.82) is 0 Å². The molecule has 0 aliphatic rings. The normalized spacial score (nSPS) is 10.5. The second-order valence-corrected chi connectivity index (χ2v) is 5.53. The second kappa shape index (κ2) is 8.75. The molecule has 5 nitrogen and oxygen atoms in total. The van der Waals surface area contributed by atoms with Crippen molar-refractivity contribution in [3.63, 3.8) is 0 Å². The van der Waals surface area contributed by atoms with Crippen LogP contribution in [0, 0.1) is 0 Å². The molecule has 0 atom stereocenters. The molecule has 0 fully saturated rings. The number of halogens is 2. The third kappa shape index (κ3) is 5.50. The highest BCUT2D eigenvalue weighted by molar-refractivity contribution is 6.04. The molecule has 0 bridgehead atoms. The van der Waals surface area contributed by atoms with Crippen LogP contribution in [0.3, 0.4) is 0 Å². The average molecular weight is 370 g/mol. The van der Waals surface area contributed by atoms with Gasteiger partial charge in [-0.2, -0.15) is 8.78 Å². The zero-order chi connectivity index (χ0) is 19.1. The van der Waals surface area contributed by atoms with Gasteiger partial charge in [-0.1, -0.05) is 6.07 Å². The van der Waals surface area contributed by atoms with E-state index in [1.807, 2.05) is 12.1 Å². The lowest BCUT2D eigenvalue weighted by atomic mass is 10.2. The van der Waals surface area contributed by atoms with Gasteiger partial charge in [-0.15, -0.1) is 0 Å². The molecule has 0 unspecified atom stereocenters. The van der Waals surface area contributed by atoms with Gasteiger partial charge in [-0.05, 0) is 54.6 Å². The largest absolute Gasteiger partial charge is 0.489 e. The number of carbonyl (C=O) groups is 1. The fourth-order valence-corrected chi connectivity index (χ4v) is 2.28. The number of alkyl halides is 2. The lowest BCUT2D eigenvalue weighted by molar-refractivity contribution is -0.0498. The number of nitrogens with one attached hydrogen (secondary N) is 1. The predicted molar refractivity (Wildman–Crippen MR) is 96.0 cm³/mol. The van der Waals surface area contributed by atoms with Crippen LogP contribution in [0.5, 0.6) is 11.5 Å². The van der Waals surface area contributed by atoms with Crippen molar-refractivity contribution in [2.45, 2.75) is 13.2 Å². The van der Waals surface area contributed by atoms with Crippen molar-refractivity contribution in [1.82, 2.24) is 4.98 Å². The van der Waals surface area contributed by atoms with Crippen LogP contribution in [0.4, 0.5) is 14.5 Å². The van der Waals surface area contributed by atoms with Crippen LogP contribution in [-0.2, 0) is 6.61 Å². The van der Waals surface area contributed by atoms with E-state index >= 15 is 0 Å². The zero-order valence-electron chi connectivity index (χ0n) is 14.1. The lowest BCUT2D eigenvalue weighted by Gasteiger charge is -2.09. The lowest BCUT2D eigenvalue weighted by Crippen LogP contribution is -2.11. The molecular weight excluding hydrogens is 354 g/mol. The van der Waals surface area contributed by atoms with E-state index in [9.17, 15) is 13.6 Å². The minimum absolute atomic E-state index is 0.0260. The Morgan fingerprint density at radius 2 is 1.70 bits per heavy atom. The smallest absolute Gasteiger partial charge is 0.387 e. The van der Waals surface area contributed by atoms with Crippen LogP contribution in [0.25, 0.3) is 0 Å². The third-order valence-corrected chi connectivity index (χ3v) is 3.58. The molecule has 3 aromatic rings. The maximum atomic E-state index is 12.3. The standard InChI is InChI=1S/C20H16F2N2O3/c21-20(22)27-18-9-5-16(6-10-18)24-19(25)15-3-7-17(8-4-15)26-13-14-2-1-11-23-12-14/h1-12,20H,13H2,(H,24,25). The highest BCUT2D eigenvalue weighted by Crippen LogP contribution is 2.19. The Balaban J connectivity index is 1.55. The van der Waals surface area contributed by atoms with Gasteiger partial charge in [0.05, 0.1) is 0 Å². The Kier molecular flexibility index (Phi) is 5.94. The maximum Gasteiger partial charge on any atom is 0.387 e. The van der Waals surface area contributed by atoms with Crippen LogP contribution >= 0.6 is 0 Å². The summed E-state index contributed by atoms with van der Waals surface area (Å²) in [4.78, 5) is 16.3. The molecule has 3 rings (SSSR count). The first-order chi connectivity index (χ1) is 13.1.